The van der Waals surface area contributed by atoms with E-state index in [1.165, 1.54) is 38.5 Å². The Morgan fingerprint density at radius 1 is 1.16 bits per heavy atom. The molecule has 3 rings (SSSR count). The molecule has 0 aliphatic carbocycles. The van der Waals surface area contributed by atoms with E-state index >= 15 is 0 Å². The fourth-order valence-corrected chi connectivity index (χ4v) is 4.28. The van der Waals surface area contributed by atoms with Crippen LogP contribution < -0.4 is 14.4 Å². The number of halogens is 1. The quantitative estimate of drug-likeness (QED) is 0.857. The number of anilines is 2. The van der Waals surface area contributed by atoms with E-state index in [1.54, 1.807) is 18.3 Å². The fraction of sp³-hybridized carbons (Fsp3) is 0.353. The molecule has 2 heterocycles. The lowest BCUT2D eigenvalue weighted by molar-refractivity contribution is 0.403. The molecule has 1 fully saturated rings. The normalized spacial score (nSPS) is 15.0. The molecule has 1 aromatic carbocycles. The van der Waals surface area contributed by atoms with E-state index < -0.39 is 10.0 Å². The maximum Gasteiger partial charge on any atom is 0.266 e. The fourth-order valence-electron chi connectivity index (χ4n) is 2.84. The maximum atomic E-state index is 12.6. The molecule has 0 spiro atoms. The Labute approximate surface area is 152 Å². The highest BCUT2D eigenvalue weighted by Gasteiger charge is 2.21. The molecule has 8 heteroatoms. The number of piperidine rings is 1. The van der Waals surface area contributed by atoms with Crippen LogP contribution in [0.3, 0.4) is 0 Å². The first-order chi connectivity index (χ1) is 12.0. The number of nitrogens with zero attached hydrogens (tertiary/aromatic N) is 2. The topological polar surface area (TPSA) is 71.5 Å². The maximum absolute atomic E-state index is 12.6. The van der Waals surface area contributed by atoms with Crippen molar-refractivity contribution >= 4 is 33.1 Å². The smallest absolute Gasteiger partial charge is 0.266 e. The number of pyridine rings is 1. The number of ether oxygens (including phenoxy) is 1. The second kappa shape index (κ2) is 7.49. The number of methoxy groups -OCH3 is 1. The molecule has 1 aliphatic rings. The van der Waals surface area contributed by atoms with Crippen molar-refractivity contribution in [2.45, 2.75) is 24.2 Å². The van der Waals surface area contributed by atoms with Crippen molar-refractivity contribution in [2.75, 3.05) is 29.8 Å². The van der Waals surface area contributed by atoms with Gasteiger partial charge in [0.05, 0.1) is 19.0 Å². The third-order valence-corrected chi connectivity index (χ3v) is 5.73. The average molecular weight is 382 g/mol. The molecule has 0 amide bonds. The van der Waals surface area contributed by atoms with Gasteiger partial charge in [-0.3, -0.25) is 4.72 Å². The first-order valence-electron chi connectivity index (χ1n) is 8.07. The van der Waals surface area contributed by atoms with Gasteiger partial charge in [0.2, 0.25) is 0 Å². The van der Waals surface area contributed by atoms with Crippen LogP contribution in [0, 0.1) is 0 Å². The van der Waals surface area contributed by atoms with Gasteiger partial charge in [-0.1, -0.05) is 11.6 Å². The Bertz CT molecular complexity index is 835. The summed E-state index contributed by atoms with van der Waals surface area (Å²) in [7, 11) is -2.44. The van der Waals surface area contributed by atoms with Crippen LogP contribution in [0.15, 0.2) is 41.4 Å². The number of aromatic nitrogens is 1. The minimum Gasteiger partial charge on any atom is -0.495 e. The number of nitrogens with one attached hydrogen (secondary N) is 1. The molecule has 0 atom stereocenters. The molecule has 0 unspecified atom stereocenters. The van der Waals surface area contributed by atoms with Crippen LogP contribution in [0.2, 0.25) is 5.02 Å². The third kappa shape index (κ3) is 4.16. The SMILES string of the molecule is COc1ccc(Cl)cc1S(=O)(=O)Nc1ccc(N2CCCCC2)cn1. The summed E-state index contributed by atoms with van der Waals surface area (Å²) in [5.41, 5.74) is 1.00. The van der Waals surface area contributed by atoms with Crippen LogP contribution in [0.1, 0.15) is 19.3 Å². The number of hydrogen-bond acceptors (Lipinski definition) is 5. The highest BCUT2D eigenvalue weighted by Crippen LogP contribution is 2.28. The zero-order valence-corrected chi connectivity index (χ0v) is 15.5. The van der Waals surface area contributed by atoms with Gasteiger partial charge in [-0.2, -0.15) is 0 Å². The second-order valence-corrected chi connectivity index (χ2v) is 7.94. The van der Waals surface area contributed by atoms with E-state index in [1.807, 2.05) is 6.07 Å². The largest absolute Gasteiger partial charge is 0.495 e. The van der Waals surface area contributed by atoms with Crippen LogP contribution in [-0.4, -0.2) is 33.6 Å². The lowest BCUT2D eigenvalue weighted by Crippen LogP contribution is -2.29. The first-order valence-corrected chi connectivity index (χ1v) is 9.93. The third-order valence-electron chi connectivity index (χ3n) is 4.12. The summed E-state index contributed by atoms with van der Waals surface area (Å²) in [6.07, 6.45) is 5.29. The summed E-state index contributed by atoms with van der Waals surface area (Å²) in [5.74, 6) is 0.477. The molecule has 1 N–H and O–H groups in total. The van der Waals surface area contributed by atoms with Crippen molar-refractivity contribution < 1.29 is 13.2 Å². The number of benzene rings is 1. The Morgan fingerprint density at radius 2 is 1.92 bits per heavy atom. The zero-order valence-electron chi connectivity index (χ0n) is 13.9. The minimum absolute atomic E-state index is 0.0237. The van der Waals surface area contributed by atoms with Gasteiger partial charge in [-0.15, -0.1) is 0 Å². The van der Waals surface area contributed by atoms with Gasteiger partial charge in [-0.25, -0.2) is 13.4 Å². The van der Waals surface area contributed by atoms with Crippen LogP contribution >= 0.6 is 11.6 Å². The summed E-state index contributed by atoms with van der Waals surface area (Å²) >= 11 is 5.92. The predicted octanol–water partition coefficient (Wildman–Crippen LogP) is 3.53. The molecule has 1 aliphatic heterocycles. The van der Waals surface area contributed by atoms with Gasteiger partial charge < -0.3 is 9.64 Å². The van der Waals surface area contributed by atoms with Crippen LogP contribution in [-0.2, 0) is 10.0 Å². The van der Waals surface area contributed by atoms with E-state index in [4.69, 9.17) is 16.3 Å². The van der Waals surface area contributed by atoms with Crippen LogP contribution in [0.5, 0.6) is 5.75 Å². The van der Waals surface area contributed by atoms with Crippen molar-refractivity contribution in [3.05, 3.63) is 41.6 Å². The van der Waals surface area contributed by atoms with E-state index in [0.717, 1.165) is 18.8 Å². The van der Waals surface area contributed by atoms with E-state index in [9.17, 15) is 8.42 Å². The molecular weight excluding hydrogens is 362 g/mol. The molecule has 0 bridgehead atoms. The number of hydrogen-bond donors (Lipinski definition) is 1. The predicted molar refractivity (Wildman–Crippen MR) is 99.1 cm³/mol. The van der Waals surface area contributed by atoms with Gasteiger partial charge in [-0.05, 0) is 49.6 Å². The Morgan fingerprint density at radius 3 is 2.56 bits per heavy atom. The molecule has 1 saturated heterocycles. The van der Waals surface area contributed by atoms with E-state index in [-0.39, 0.29) is 16.5 Å². The molecule has 1 aromatic heterocycles. The highest BCUT2D eigenvalue weighted by molar-refractivity contribution is 7.92. The first kappa shape index (κ1) is 17.8. The molecule has 2 aromatic rings. The Balaban J connectivity index is 1.80. The van der Waals surface area contributed by atoms with Gasteiger partial charge >= 0.3 is 0 Å². The summed E-state index contributed by atoms with van der Waals surface area (Å²) in [6.45, 7) is 2.01. The van der Waals surface area contributed by atoms with Crippen molar-refractivity contribution in [3.8, 4) is 5.75 Å². The van der Waals surface area contributed by atoms with Gasteiger partial charge in [0.15, 0.2) is 0 Å². The van der Waals surface area contributed by atoms with Crippen LogP contribution in [0.4, 0.5) is 11.5 Å². The number of sulfonamides is 1. The van der Waals surface area contributed by atoms with Crippen molar-refractivity contribution in [3.63, 3.8) is 0 Å². The monoisotopic (exact) mass is 381 g/mol. The average Bonchev–Trinajstić information content (AvgIpc) is 2.63. The van der Waals surface area contributed by atoms with Crippen molar-refractivity contribution in [1.29, 1.82) is 0 Å². The molecule has 25 heavy (non-hydrogen) atoms. The number of rotatable bonds is 5. The van der Waals surface area contributed by atoms with Crippen LogP contribution in [0.25, 0.3) is 0 Å². The second-order valence-electron chi connectivity index (χ2n) is 5.85. The van der Waals surface area contributed by atoms with Gasteiger partial charge in [0.25, 0.3) is 10.0 Å². The standard InChI is InChI=1S/C17H20ClN3O3S/c1-24-15-7-5-13(18)11-16(15)25(22,23)20-17-8-6-14(12-19-17)21-9-3-2-4-10-21/h5-8,11-12H,2-4,9-10H2,1H3,(H,19,20). The summed E-state index contributed by atoms with van der Waals surface area (Å²) in [6, 6.07) is 7.99. The molecule has 0 saturated carbocycles. The Hall–Kier alpha value is -1.99. The molecular formula is C17H20ClN3O3S. The molecule has 134 valence electrons. The van der Waals surface area contributed by atoms with Crippen molar-refractivity contribution in [2.24, 2.45) is 0 Å². The van der Waals surface area contributed by atoms with E-state index in [2.05, 4.69) is 14.6 Å². The molecule has 6 nitrogen and oxygen atoms in total. The Kier molecular flexibility index (Phi) is 5.34. The van der Waals surface area contributed by atoms with Gasteiger partial charge in [0.1, 0.15) is 16.5 Å². The minimum atomic E-state index is -3.85. The summed E-state index contributed by atoms with van der Waals surface area (Å²) in [4.78, 5) is 6.47. The van der Waals surface area contributed by atoms with Gasteiger partial charge in [0, 0.05) is 18.1 Å². The lowest BCUT2D eigenvalue weighted by Gasteiger charge is -2.28. The lowest BCUT2D eigenvalue weighted by atomic mass is 10.1. The summed E-state index contributed by atoms with van der Waals surface area (Å²) in [5, 5.41) is 0.314. The zero-order chi connectivity index (χ0) is 17.9. The summed E-state index contributed by atoms with van der Waals surface area (Å²) < 4.78 is 32.8. The highest BCUT2D eigenvalue weighted by atomic mass is 35.5. The molecule has 0 radical (unpaired) electrons. The van der Waals surface area contributed by atoms with E-state index in [0.29, 0.717) is 5.02 Å². The van der Waals surface area contributed by atoms with Crippen molar-refractivity contribution in [1.82, 2.24) is 4.98 Å².